The molecule has 0 spiro atoms. The van der Waals surface area contributed by atoms with Crippen LogP contribution in [0.4, 0.5) is 0 Å². The third-order valence-corrected chi connectivity index (χ3v) is 20.6. The van der Waals surface area contributed by atoms with Crippen LogP contribution in [0.25, 0.3) is 10.9 Å². The van der Waals surface area contributed by atoms with E-state index >= 15 is 0 Å². The molecule has 0 bridgehead atoms. The van der Waals surface area contributed by atoms with Gasteiger partial charge in [0, 0.05) is 112 Å². The van der Waals surface area contributed by atoms with Crippen molar-refractivity contribution in [2.75, 3.05) is 86.6 Å². The van der Waals surface area contributed by atoms with Gasteiger partial charge in [-0.05, 0) is 245 Å². The maximum absolute atomic E-state index is 4.02. The molecule has 10 heteroatoms. The molecule has 7 unspecified atom stereocenters. The van der Waals surface area contributed by atoms with Crippen LogP contribution < -0.4 is 0 Å². The number of likely N-dealkylation sites (tertiary alicyclic amines) is 4. The topological polar surface area (TPSA) is 34.2 Å². The highest BCUT2D eigenvalue weighted by atomic mass is 32.2. The molecule has 0 N–H and O–H groups in total. The lowest BCUT2D eigenvalue weighted by atomic mass is 9.96. The summed E-state index contributed by atoms with van der Waals surface area (Å²) < 4.78 is 6.44. The maximum atomic E-state index is 4.02. The van der Waals surface area contributed by atoms with Gasteiger partial charge in [0.1, 0.15) is 0 Å². The number of rotatable bonds is 2. The van der Waals surface area contributed by atoms with Crippen LogP contribution in [0.2, 0.25) is 0 Å². The van der Waals surface area contributed by atoms with Gasteiger partial charge in [-0.25, -0.2) is 0 Å². The summed E-state index contributed by atoms with van der Waals surface area (Å²) in [6.07, 6.45) is 29.7. The molecule has 9 heterocycles. The van der Waals surface area contributed by atoms with Gasteiger partial charge in [-0.2, -0.15) is 10.5 Å². The van der Waals surface area contributed by atoms with Crippen LogP contribution in [0, 0.1) is 18.8 Å². The summed E-state index contributed by atoms with van der Waals surface area (Å²) in [5.74, 6) is 8.52. The molecule has 0 amide bonds. The number of piperidine rings is 3. The van der Waals surface area contributed by atoms with Gasteiger partial charge in [0.2, 0.25) is 0 Å². The molecule has 3 aromatic heterocycles. The van der Waals surface area contributed by atoms with Crippen molar-refractivity contribution in [3.63, 3.8) is 0 Å². The lowest BCUT2D eigenvalue weighted by Gasteiger charge is -2.31. The largest absolute Gasteiger partial charge is 0.357 e. The molecule has 9 nitrogen and oxygen atoms in total. The Hall–Kier alpha value is -3.48. The Morgan fingerprint density at radius 2 is 1.00 bits per heavy atom. The molecular weight excluding hydrogens is 1070 g/mol. The quantitative estimate of drug-likeness (QED) is 0.164. The molecule has 7 atom stereocenters. The van der Waals surface area contributed by atoms with Crippen molar-refractivity contribution in [1.29, 1.82) is 0 Å². The second-order valence-electron chi connectivity index (χ2n) is 26.7. The summed E-state index contributed by atoms with van der Waals surface area (Å²) in [5.41, 5.74) is 8.47. The Morgan fingerprint density at radius 1 is 0.488 bits per heavy atom. The zero-order valence-corrected chi connectivity index (χ0v) is 60.8. The van der Waals surface area contributed by atoms with Gasteiger partial charge in [-0.15, -0.1) is 0 Å². The summed E-state index contributed by atoms with van der Waals surface area (Å²) in [5, 5.41) is 1.34. The molecule has 6 aliphatic heterocycles. The van der Waals surface area contributed by atoms with E-state index in [9.17, 15) is 0 Å². The van der Waals surface area contributed by atoms with Crippen molar-refractivity contribution < 1.29 is 0 Å². The number of aryl methyl sites for hydroxylation is 6. The second kappa shape index (κ2) is 44.9. The van der Waals surface area contributed by atoms with Crippen LogP contribution >= 0.6 is 10.5 Å². The number of aromatic nitrogens is 3. The minimum Gasteiger partial charge on any atom is -0.357 e. The number of nitrogens with zero attached hydrogens (tertiary/aromatic N) is 9. The molecule has 5 aromatic rings. The molecule has 5 saturated heterocycles. The van der Waals surface area contributed by atoms with Crippen LogP contribution in [0.15, 0.2) is 91.4 Å². The number of para-hydroxylation sites is 1. The molecule has 6 fully saturated rings. The third-order valence-electron chi connectivity index (χ3n) is 18.9. The summed E-state index contributed by atoms with van der Waals surface area (Å²) >= 11 is 0. The van der Waals surface area contributed by atoms with Crippen LogP contribution in [0.5, 0.6) is 0 Å². The van der Waals surface area contributed by atoms with E-state index in [1.54, 1.807) is 0 Å². The highest BCUT2D eigenvalue weighted by Crippen LogP contribution is 2.25. The number of fused-ring (bicyclic) bond motifs is 2. The van der Waals surface area contributed by atoms with Gasteiger partial charge in [0.05, 0.1) is 0 Å². The van der Waals surface area contributed by atoms with Gasteiger partial charge in [-0.1, -0.05) is 128 Å². The zero-order chi connectivity index (χ0) is 64.1. The van der Waals surface area contributed by atoms with E-state index in [0.717, 1.165) is 55.4 Å². The SMILES string of the molecule is C=S1CC(C)N(C)C1.CC.CC1CCCC1.CC1CCCCN1C.CC1CCCCN1C.CC1CCCN(C)C1.CC1CCCN1C.CC1Cc2ccccc2CN1C.CCc1cc2ccccc2n1C.CCc1cccn1C.Cc1ccn(C)c1. The van der Waals surface area contributed by atoms with Crippen molar-refractivity contribution in [3.8, 4) is 0 Å². The number of hydrogen-bond acceptors (Lipinski definition) is 6. The van der Waals surface area contributed by atoms with E-state index in [1.165, 1.54) is 180 Å². The number of likely N-dealkylation sites (N-methyl/N-ethyl adjacent to an activating group) is 1. The molecular formula is C76H137N9S. The van der Waals surface area contributed by atoms with Crippen molar-refractivity contribution >= 4 is 27.3 Å². The predicted octanol–water partition coefficient (Wildman–Crippen LogP) is 17.4. The van der Waals surface area contributed by atoms with Crippen LogP contribution in [0.1, 0.15) is 194 Å². The Labute approximate surface area is 535 Å². The average molecular weight is 1210 g/mol. The highest BCUT2D eigenvalue weighted by molar-refractivity contribution is 8.14. The Kier molecular flexibility index (Phi) is 41.0. The first-order chi connectivity index (χ1) is 41.0. The fourth-order valence-corrected chi connectivity index (χ4v) is 13.9. The van der Waals surface area contributed by atoms with Gasteiger partial charge in [0.15, 0.2) is 0 Å². The Bertz CT molecular complexity index is 2350. The first-order valence-corrected chi connectivity index (χ1v) is 36.2. The molecule has 12 rings (SSSR count). The molecule has 86 heavy (non-hydrogen) atoms. The van der Waals surface area contributed by atoms with Crippen LogP contribution in [-0.2, 0) is 47.0 Å². The van der Waals surface area contributed by atoms with Gasteiger partial charge in [-0.3, -0.25) is 9.80 Å². The van der Waals surface area contributed by atoms with Gasteiger partial charge < -0.3 is 33.3 Å². The predicted molar refractivity (Wildman–Crippen MR) is 388 cm³/mol. The molecule has 492 valence electrons. The van der Waals surface area contributed by atoms with Crippen molar-refractivity contribution in [2.24, 2.45) is 33.0 Å². The molecule has 0 radical (unpaired) electrons. The first kappa shape index (κ1) is 78.6. The summed E-state index contributed by atoms with van der Waals surface area (Å²) in [4.78, 5) is 14.5. The Balaban J connectivity index is 0.000000327. The van der Waals surface area contributed by atoms with Crippen LogP contribution in [0.3, 0.4) is 0 Å². The fourth-order valence-electron chi connectivity index (χ4n) is 12.1. The normalized spacial score (nSPS) is 24.1. The first-order valence-electron chi connectivity index (χ1n) is 34.5. The summed E-state index contributed by atoms with van der Waals surface area (Å²) in [6.45, 7) is 34.2. The lowest BCUT2D eigenvalue weighted by molar-refractivity contribution is 0.200. The average Bonchev–Trinajstić information content (AvgIpc) is 3.29. The maximum Gasteiger partial charge on any atom is 0.0479 e. The van der Waals surface area contributed by atoms with E-state index in [1.807, 2.05) is 31.7 Å². The minimum atomic E-state index is 0.443. The molecule has 1 saturated carbocycles. The number of benzene rings is 2. The van der Waals surface area contributed by atoms with E-state index in [0.29, 0.717) is 16.5 Å². The lowest BCUT2D eigenvalue weighted by Crippen LogP contribution is -2.34. The van der Waals surface area contributed by atoms with Crippen molar-refractivity contribution in [2.45, 2.75) is 229 Å². The fraction of sp³-hybridized carbons (Fsp3) is 0.697. The second-order valence-corrected chi connectivity index (χ2v) is 28.5. The van der Waals surface area contributed by atoms with E-state index in [2.05, 4.69) is 255 Å². The standard InChI is InChI=1S/C11H15N.C11H13N.3C7H15N.C7H11N.C6H13NS.C6H9N.C6H13N.C6H12.C2H6/c1-9-7-10-5-3-4-6-11(10)8-12(9)2;1-3-10-8-9-6-4-5-7-11(9)12(10)2;1-7-4-3-5-8(2)6-7;2*1-7-5-3-4-6-8(7)2;1-3-7-5-4-6-8(7)2;1-6-4-8(3)5-7(6)2;1-6-3-4-7(2)5-6;1-6-4-3-5-7(6)2;1-6-4-2-3-5-6;1-2/h3-6,9H,7-8H2,1-2H3;4-8H,3H2,1-2H3;3*7H,3-6H2,1-2H3;4-6H,3H2,1-2H3;6H,3-5H2,1-2H3;3-5H,1-2H3;6H,3-5H2,1-2H3;6H,2-5H2,1H3;1-2H3. The Morgan fingerprint density at radius 3 is 1.34 bits per heavy atom. The zero-order valence-electron chi connectivity index (χ0n) is 60.0. The monoisotopic (exact) mass is 1210 g/mol. The molecule has 1 aliphatic carbocycles. The van der Waals surface area contributed by atoms with Gasteiger partial charge in [0.25, 0.3) is 0 Å². The van der Waals surface area contributed by atoms with E-state index in [-0.39, 0.29) is 0 Å². The van der Waals surface area contributed by atoms with E-state index in [4.69, 9.17) is 0 Å². The van der Waals surface area contributed by atoms with Gasteiger partial charge >= 0.3 is 0 Å². The third kappa shape index (κ3) is 31.8. The smallest absolute Gasteiger partial charge is 0.0479 e. The van der Waals surface area contributed by atoms with Crippen molar-refractivity contribution in [3.05, 3.63) is 119 Å². The van der Waals surface area contributed by atoms with Crippen LogP contribution in [-0.4, -0.2) is 166 Å². The highest BCUT2D eigenvalue weighted by Gasteiger charge is 2.20. The number of hydrogen-bond donors (Lipinski definition) is 0. The van der Waals surface area contributed by atoms with E-state index < -0.39 is 0 Å². The molecule has 2 aromatic carbocycles. The minimum absolute atomic E-state index is 0.443. The molecule has 7 aliphatic rings. The summed E-state index contributed by atoms with van der Waals surface area (Å²) in [6, 6.07) is 29.8. The van der Waals surface area contributed by atoms with Crippen molar-refractivity contribution in [1.82, 2.24) is 43.1 Å². The summed E-state index contributed by atoms with van der Waals surface area (Å²) in [7, 11) is 19.8.